The van der Waals surface area contributed by atoms with Crippen molar-refractivity contribution in [2.45, 2.75) is 0 Å². The Hall–Kier alpha value is -0.920. The van der Waals surface area contributed by atoms with E-state index >= 15 is 0 Å². The fraction of sp³-hybridized carbons (Fsp3) is 0. The maximum Gasteiger partial charge on any atom is 0.0486 e. The largest absolute Gasteiger partial charge is 0.259 e. The average molecular weight is 124 g/mol. The molecule has 0 amide bonds. The van der Waals surface area contributed by atoms with Gasteiger partial charge < -0.3 is 0 Å². The van der Waals surface area contributed by atoms with Gasteiger partial charge in [-0.1, -0.05) is 0 Å². The first kappa shape index (κ1) is 5.22. The molecule has 2 nitrogen and oxygen atoms in total. The van der Waals surface area contributed by atoms with E-state index in [4.69, 9.17) is 5.41 Å². The van der Waals surface area contributed by atoms with Crippen LogP contribution in [0.1, 0.15) is 5.56 Å². The molecule has 1 N–H and O–H groups in total. The molecular weight excluding hydrogens is 120 g/mol. The third kappa shape index (κ3) is 1.03. The minimum absolute atomic E-state index is 0.949. The Morgan fingerprint density at radius 3 is 3.25 bits per heavy atom. The van der Waals surface area contributed by atoms with E-state index < -0.39 is 0 Å². The molecule has 0 aromatic carbocycles. The van der Waals surface area contributed by atoms with Crippen LogP contribution in [0.4, 0.5) is 0 Å². The molecule has 1 aromatic heterocycles. The number of rotatable bonds is 1. The quantitative estimate of drug-likeness (QED) is 0.564. The predicted octanol–water partition coefficient (Wildman–Crippen LogP) is 1.40. The first-order chi connectivity index (χ1) is 3.93. The van der Waals surface area contributed by atoms with E-state index in [2.05, 4.69) is 10.2 Å². The second-order valence-electron chi connectivity index (χ2n) is 1.25. The molecule has 0 fully saturated rings. The SMILES string of the molecule is N=C=Cc1cnsc1. The molecule has 0 aliphatic rings. The lowest BCUT2D eigenvalue weighted by Gasteiger charge is -1.68. The van der Waals surface area contributed by atoms with Crippen LogP contribution in [0.15, 0.2) is 11.6 Å². The first-order valence-electron chi connectivity index (χ1n) is 2.08. The Balaban J connectivity index is 2.93. The van der Waals surface area contributed by atoms with Crippen LogP contribution in [0.3, 0.4) is 0 Å². The highest BCUT2D eigenvalue weighted by Gasteiger charge is 1.82. The van der Waals surface area contributed by atoms with Crippen molar-refractivity contribution < 1.29 is 0 Å². The summed E-state index contributed by atoms with van der Waals surface area (Å²) < 4.78 is 3.83. The fourth-order valence-electron chi connectivity index (χ4n) is 0.368. The predicted molar refractivity (Wildman–Crippen MR) is 34.3 cm³/mol. The molecule has 1 rings (SSSR count). The van der Waals surface area contributed by atoms with E-state index in [1.165, 1.54) is 11.5 Å². The Bertz CT molecular complexity index is 196. The second-order valence-corrected chi connectivity index (χ2v) is 1.90. The molecule has 0 spiro atoms. The zero-order chi connectivity index (χ0) is 5.82. The zero-order valence-corrected chi connectivity index (χ0v) is 4.90. The van der Waals surface area contributed by atoms with Gasteiger partial charge >= 0.3 is 0 Å². The van der Waals surface area contributed by atoms with Crippen LogP contribution in [0, 0.1) is 5.41 Å². The van der Waals surface area contributed by atoms with E-state index in [-0.39, 0.29) is 0 Å². The van der Waals surface area contributed by atoms with Crippen molar-refractivity contribution in [3.8, 4) is 0 Å². The van der Waals surface area contributed by atoms with Gasteiger partial charge in [0.1, 0.15) is 0 Å². The summed E-state index contributed by atoms with van der Waals surface area (Å²) in [6.45, 7) is 0. The molecule has 8 heavy (non-hydrogen) atoms. The minimum atomic E-state index is 0.949. The lowest BCUT2D eigenvalue weighted by molar-refractivity contribution is 1.56. The molecular formula is C5H4N2S. The van der Waals surface area contributed by atoms with Gasteiger partial charge in [0.05, 0.1) is 0 Å². The van der Waals surface area contributed by atoms with Crippen LogP contribution >= 0.6 is 11.5 Å². The first-order valence-corrected chi connectivity index (χ1v) is 2.92. The summed E-state index contributed by atoms with van der Waals surface area (Å²) in [5.41, 5.74) is 0.949. The summed E-state index contributed by atoms with van der Waals surface area (Å²) in [6.07, 6.45) is 3.27. The lowest BCUT2D eigenvalue weighted by atomic mass is 10.4. The van der Waals surface area contributed by atoms with Crippen LogP contribution in [-0.2, 0) is 0 Å². The summed E-state index contributed by atoms with van der Waals surface area (Å²) in [7, 11) is 0. The Labute approximate surface area is 51.2 Å². The van der Waals surface area contributed by atoms with Crippen LogP contribution in [0.2, 0.25) is 0 Å². The topological polar surface area (TPSA) is 36.7 Å². The Kier molecular flexibility index (Phi) is 1.57. The molecule has 0 aliphatic carbocycles. The molecule has 0 saturated carbocycles. The van der Waals surface area contributed by atoms with Gasteiger partial charge in [0.15, 0.2) is 0 Å². The van der Waals surface area contributed by atoms with Crippen molar-refractivity contribution in [3.63, 3.8) is 0 Å². The second kappa shape index (κ2) is 2.40. The number of nitrogens with one attached hydrogen (secondary N) is 1. The standard InChI is InChI=1S/C5H4N2S/c6-2-1-5-3-7-8-4-5/h1,3-4,6H. The van der Waals surface area contributed by atoms with Gasteiger partial charge in [-0.05, 0) is 17.4 Å². The van der Waals surface area contributed by atoms with Crippen LogP contribution in [0.25, 0.3) is 6.08 Å². The normalized spacial score (nSPS) is 8.00. The summed E-state index contributed by atoms with van der Waals surface area (Å²) in [4.78, 5) is 0. The Morgan fingerprint density at radius 2 is 2.75 bits per heavy atom. The Morgan fingerprint density at radius 1 is 1.88 bits per heavy atom. The van der Waals surface area contributed by atoms with E-state index in [1.54, 1.807) is 12.3 Å². The fourth-order valence-corrected chi connectivity index (χ4v) is 0.862. The molecule has 0 atom stereocenters. The third-order valence-electron chi connectivity index (χ3n) is 0.690. The van der Waals surface area contributed by atoms with Gasteiger partial charge in [0.25, 0.3) is 0 Å². The molecule has 40 valence electrons. The maximum atomic E-state index is 6.55. The van der Waals surface area contributed by atoms with Gasteiger partial charge in [-0.15, -0.1) is 0 Å². The molecule has 3 heteroatoms. The van der Waals surface area contributed by atoms with Gasteiger partial charge in [-0.25, -0.2) is 4.37 Å². The summed E-state index contributed by atoms with van der Waals surface area (Å²) in [6, 6.07) is 0. The van der Waals surface area contributed by atoms with Crippen molar-refractivity contribution in [3.05, 3.63) is 17.1 Å². The molecule has 0 unspecified atom stereocenters. The number of nitrogens with zero attached hydrogens (tertiary/aromatic N) is 1. The third-order valence-corrected chi connectivity index (χ3v) is 1.29. The van der Waals surface area contributed by atoms with Crippen LogP contribution in [0.5, 0.6) is 0 Å². The molecule has 1 heterocycles. The van der Waals surface area contributed by atoms with E-state index in [9.17, 15) is 0 Å². The van der Waals surface area contributed by atoms with Gasteiger partial charge in [-0.2, -0.15) is 0 Å². The number of aromatic nitrogens is 1. The van der Waals surface area contributed by atoms with Crippen molar-refractivity contribution in [2.24, 2.45) is 0 Å². The number of hydrogen-bond acceptors (Lipinski definition) is 3. The van der Waals surface area contributed by atoms with E-state index in [1.807, 2.05) is 5.38 Å². The maximum absolute atomic E-state index is 6.55. The lowest BCUT2D eigenvalue weighted by Crippen LogP contribution is -1.57. The van der Waals surface area contributed by atoms with Crippen molar-refractivity contribution in [1.82, 2.24) is 4.37 Å². The average Bonchev–Trinajstić information content (AvgIpc) is 2.19. The van der Waals surface area contributed by atoms with Gasteiger partial charge in [0, 0.05) is 23.2 Å². The molecule has 1 aromatic rings. The van der Waals surface area contributed by atoms with Crippen molar-refractivity contribution in [1.29, 1.82) is 5.41 Å². The molecule has 0 saturated heterocycles. The summed E-state index contributed by atoms with van der Waals surface area (Å²) >= 11 is 1.37. The van der Waals surface area contributed by atoms with E-state index in [0.717, 1.165) is 5.56 Å². The highest BCUT2D eigenvalue weighted by molar-refractivity contribution is 7.03. The molecule has 0 bridgehead atoms. The van der Waals surface area contributed by atoms with Crippen LogP contribution < -0.4 is 0 Å². The van der Waals surface area contributed by atoms with Crippen molar-refractivity contribution >= 4 is 23.5 Å². The number of hydrogen-bond donors (Lipinski definition) is 1. The summed E-state index contributed by atoms with van der Waals surface area (Å²) in [5, 5.41) is 8.41. The smallest absolute Gasteiger partial charge is 0.0486 e. The van der Waals surface area contributed by atoms with Gasteiger partial charge in [-0.3, -0.25) is 5.41 Å². The monoisotopic (exact) mass is 124 g/mol. The minimum Gasteiger partial charge on any atom is -0.259 e. The highest BCUT2D eigenvalue weighted by atomic mass is 32.1. The van der Waals surface area contributed by atoms with E-state index in [0.29, 0.717) is 0 Å². The molecule has 0 radical (unpaired) electrons. The van der Waals surface area contributed by atoms with Gasteiger partial charge in [0.2, 0.25) is 0 Å². The van der Waals surface area contributed by atoms with Crippen LogP contribution in [-0.4, -0.2) is 10.2 Å². The molecule has 0 aliphatic heterocycles. The van der Waals surface area contributed by atoms with Crippen molar-refractivity contribution in [2.75, 3.05) is 0 Å². The highest BCUT2D eigenvalue weighted by Crippen LogP contribution is 2.00. The summed E-state index contributed by atoms with van der Waals surface area (Å²) in [5.74, 6) is 2.16. The zero-order valence-electron chi connectivity index (χ0n) is 4.09.